The first kappa shape index (κ1) is 19.6. The van der Waals surface area contributed by atoms with Crippen LogP contribution in [-0.2, 0) is 17.8 Å². The Morgan fingerprint density at radius 3 is 2.60 bits per heavy atom. The van der Waals surface area contributed by atoms with Gasteiger partial charge in [-0.15, -0.1) is 11.3 Å². The van der Waals surface area contributed by atoms with Gasteiger partial charge in [-0.05, 0) is 42.0 Å². The van der Waals surface area contributed by atoms with E-state index in [2.05, 4.69) is 10.3 Å². The Morgan fingerprint density at radius 1 is 0.967 bits per heavy atom. The fourth-order valence-corrected chi connectivity index (χ4v) is 3.88. The first-order valence-corrected chi connectivity index (χ1v) is 10.1. The number of aromatic carboxylic acids is 1. The second-order valence-electron chi connectivity index (χ2n) is 6.61. The summed E-state index contributed by atoms with van der Waals surface area (Å²) in [5, 5.41) is 12.6. The van der Waals surface area contributed by atoms with Crippen LogP contribution >= 0.6 is 11.3 Å². The Bertz CT molecular complexity index is 1200. The largest absolute Gasteiger partial charge is 0.478 e. The highest BCUT2D eigenvalue weighted by molar-refractivity contribution is 7.18. The molecule has 0 radical (unpaired) electrons. The predicted molar refractivity (Wildman–Crippen MR) is 115 cm³/mol. The lowest BCUT2D eigenvalue weighted by Gasteiger charge is -2.05. The van der Waals surface area contributed by atoms with Crippen LogP contribution in [0, 0.1) is 0 Å². The average molecular weight is 418 g/mol. The van der Waals surface area contributed by atoms with Gasteiger partial charge < -0.3 is 15.2 Å². The average Bonchev–Trinajstić information content (AvgIpc) is 3.14. The van der Waals surface area contributed by atoms with Gasteiger partial charge in [0.15, 0.2) is 0 Å². The summed E-state index contributed by atoms with van der Waals surface area (Å²) in [6.07, 6.45) is 0.160. The molecular weight excluding hydrogens is 400 g/mol. The molecular formula is C23H18N2O4S. The van der Waals surface area contributed by atoms with Crippen molar-refractivity contribution < 1.29 is 19.4 Å². The van der Waals surface area contributed by atoms with Crippen LogP contribution in [0.4, 0.5) is 0 Å². The number of carbonyl (C=O) groups excluding carboxylic acids is 1. The maximum Gasteiger partial charge on any atom is 0.335 e. The van der Waals surface area contributed by atoms with Crippen LogP contribution in [0.3, 0.4) is 0 Å². The van der Waals surface area contributed by atoms with E-state index < -0.39 is 5.97 Å². The predicted octanol–water partition coefficient (Wildman–Crippen LogP) is 4.65. The standard InChI is InChI=1S/C23H18N2O4S/c26-21(24-14-15-5-4-6-16(11-15)23(27)28)13-22-25-19-12-18(9-10-20(19)30-22)29-17-7-2-1-3-8-17/h1-12H,13-14H2,(H,24,26)(H,27,28). The third-order valence-corrected chi connectivity index (χ3v) is 5.39. The molecule has 1 amide bonds. The number of aromatic nitrogens is 1. The second-order valence-corrected chi connectivity index (χ2v) is 7.73. The molecule has 1 aromatic heterocycles. The number of para-hydroxylation sites is 1. The molecule has 0 fully saturated rings. The molecule has 0 aliphatic carbocycles. The zero-order chi connectivity index (χ0) is 20.9. The lowest BCUT2D eigenvalue weighted by molar-refractivity contribution is -0.120. The minimum atomic E-state index is -0.992. The normalized spacial score (nSPS) is 10.7. The van der Waals surface area contributed by atoms with E-state index in [4.69, 9.17) is 9.84 Å². The Morgan fingerprint density at radius 2 is 1.80 bits per heavy atom. The van der Waals surface area contributed by atoms with Crippen LogP contribution in [0.5, 0.6) is 11.5 Å². The fraction of sp³-hybridized carbons (Fsp3) is 0.0870. The molecule has 4 rings (SSSR count). The third-order valence-electron chi connectivity index (χ3n) is 4.36. The number of carboxylic acid groups (broad SMARTS) is 1. The molecule has 0 saturated heterocycles. The molecule has 0 spiro atoms. The van der Waals surface area contributed by atoms with E-state index in [9.17, 15) is 9.59 Å². The third kappa shape index (κ3) is 4.82. The van der Waals surface area contributed by atoms with Crippen LogP contribution in [-0.4, -0.2) is 22.0 Å². The quantitative estimate of drug-likeness (QED) is 0.456. The number of nitrogens with one attached hydrogen (secondary N) is 1. The van der Waals surface area contributed by atoms with E-state index in [1.165, 1.54) is 17.4 Å². The Kier molecular flexibility index (Phi) is 5.72. The molecule has 1 heterocycles. The molecule has 4 aromatic rings. The molecule has 3 aromatic carbocycles. The Hall–Kier alpha value is -3.71. The van der Waals surface area contributed by atoms with Crippen LogP contribution < -0.4 is 10.1 Å². The number of hydrogen-bond donors (Lipinski definition) is 2. The van der Waals surface area contributed by atoms with E-state index in [1.807, 2.05) is 48.5 Å². The molecule has 0 bridgehead atoms. The van der Waals surface area contributed by atoms with Crippen LogP contribution in [0.1, 0.15) is 20.9 Å². The van der Waals surface area contributed by atoms with E-state index in [1.54, 1.807) is 18.2 Å². The Balaban J connectivity index is 1.39. The summed E-state index contributed by atoms with van der Waals surface area (Å²) in [6.45, 7) is 0.264. The first-order chi connectivity index (χ1) is 14.6. The highest BCUT2D eigenvalue weighted by Gasteiger charge is 2.11. The lowest BCUT2D eigenvalue weighted by Crippen LogP contribution is -2.24. The minimum absolute atomic E-state index is 0.160. The van der Waals surface area contributed by atoms with E-state index in [-0.39, 0.29) is 24.4 Å². The van der Waals surface area contributed by atoms with E-state index in [0.717, 1.165) is 21.5 Å². The topological polar surface area (TPSA) is 88.5 Å². The number of rotatable bonds is 7. The van der Waals surface area contributed by atoms with Gasteiger partial charge in [0.1, 0.15) is 16.5 Å². The highest BCUT2D eigenvalue weighted by atomic mass is 32.1. The SMILES string of the molecule is O=C(Cc1nc2cc(Oc3ccccc3)ccc2s1)NCc1cccc(C(=O)O)c1. The van der Waals surface area contributed by atoms with E-state index >= 15 is 0 Å². The fourth-order valence-electron chi connectivity index (χ4n) is 2.93. The number of nitrogens with zero attached hydrogens (tertiary/aromatic N) is 1. The van der Waals surface area contributed by atoms with Gasteiger partial charge in [0.25, 0.3) is 0 Å². The summed E-state index contributed by atoms with van der Waals surface area (Å²) in [6, 6.07) is 21.7. The van der Waals surface area contributed by atoms with Gasteiger partial charge >= 0.3 is 5.97 Å². The van der Waals surface area contributed by atoms with Crippen LogP contribution in [0.25, 0.3) is 10.2 Å². The van der Waals surface area contributed by atoms with Crippen molar-refractivity contribution in [2.45, 2.75) is 13.0 Å². The van der Waals surface area contributed by atoms with Crippen LogP contribution in [0.2, 0.25) is 0 Å². The zero-order valence-electron chi connectivity index (χ0n) is 15.9. The van der Waals surface area contributed by atoms with Crippen molar-refractivity contribution in [3.63, 3.8) is 0 Å². The first-order valence-electron chi connectivity index (χ1n) is 9.28. The van der Waals surface area contributed by atoms with Gasteiger partial charge in [-0.2, -0.15) is 0 Å². The molecule has 0 atom stereocenters. The number of amides is 1. The number of hydrogen-bond acceptors (Lipinski definition) is 5. The highest BCUT2D eigenvalue weighted by Crippen LogP contribution is 2.29. The summed E-state index contributed by atoms with van der Waals surface area (Å²) in [4.78, 5) is 27.9. The van der Waals surface area contributed by atoms with Gasteiger partial charge in [-0.3, -0.25) is 4.79 Å². The molecule has 0 saturated carbocycles. The molecule has 0 unspecified atom stereocenters. The lowest BCUT2D eigenvalue weighted by atomic mass is 10.1. The smallest absolute Gasteiger partial charge is 0.335 e. The summed E-state index contributed by atoms with van der Waals surface area (Å²) < 4.78 is 6.81. The van der Waals surface area contributed by atoms with Crippen molar-refractivity contribution >= 4 is 33.4 Å². The van der Waals surface area contributed by atoms with Gasteiger partial charge in [-0.1, -0.05) is 30.3 Å². The number of carbonyl (C=O) groups is 2. The monoisotopic (exact) mass is 418 g/mol. The number of fused-ring (bicyclic) bond motifs is 1. The van der Waals surface area contributed by atoms with Crippen molar-refractivity contribution in [1.29, 1.82) is 0 Å². The van der Waals surface area contributed by atoms with Gasteiger partial charge in [0.05, 0.1) is 22.2 Å². The van der Waals surface area contributed by atoms with Crippen molar-refractivity contribution in [3.05, 3.63) is 88.9 Å². The minimum Gasteiger partial charge on any atom is -0.478 e. The molecule has 30 heavy (non-hydrogen) atoms. The maximum atomic E-state index is 12.3. The zero-order valence-corrected chi connectivity index (χ0v) is 16.7. The number of ether oxygens (including phenoxy) is 1. The number of benzene rings is 3. The second kappa shape index (κ2) is 8.75. The summed E-state index contributed by atoms with van der Waals surface area (Å²) in [5.41, 5.74) is 1.71. The Labute approximate surface area is 176 Å². The summed E-state index contributed by atoms with van der Waals surface area (Å²) >= 11 is 1.46. The van der Waals surface area contributed by atoms with E-state index in [0.29, 0.717) is 10.8 Å². The van der Waals surface area contributed by atoms with Gasteiger partial charge in [0, 0.05) is 12.6 Å². The van der Waals surface area contributed by atoms with Gasteiger partial charge in [-0.25, -0.2) is 9.78 Å². The summed E-state index contributed by atoms with van der Waals surface area (Å²) in [7, 11) is 0. The number of thiazole rings is 1. The van der Waals surface area contributed by atoms with Crippen molar-refractivity contribution in [2.24, 2.45) is 0 Å². The van der Waals surface area contributed by atoms with Gasteiger partial charge in [0.2, 0.25) is 5.91 Å². The molecule has 0 aliphatic rings. The summed E-state index contributed by atoms with van der Waals surface area (Å²) in [5.74, 6) is 0.274. The van der Waals surface area contributed by atoms with Crippen molar-refractivity contribution in [2.75, 3.05) is 0 Å². The van der Waals surface area contributed by atoms with Crippen LogP contribution in [0.15, 0.2) is 72.8 Å². The van der Waals surface area contributed by atoms with Crippen molar-refractivity contribution in [1.82, 2.24) is 10.3 Å². The molecule has 150 valence electrons. The molecule has 6 nitrogen and oxygen atoms in total. The van der Waals surface area contributed by atoms with Crippen molar-refractivity contribution in [3.8, 4) is 11.5 Å². The molecule has 7 heteroatoms. The number of carboxylic acids is 1. The maximum absolute atomic E-state index is 12.3. The molecule has 0 aliphatic heterocycles. The molecule has 2 N–H and O–H groups in total.